The second-order valence-electron chi connectivity index (χ2n) is 18.6. The summed E-state index contributed by atoms with van der Waals surface area (Å²) in [6.45, 7) is 8.87. The molecule has 0 N–H and O–H groups in total. The largest absolute Gasteiger partial charge is 0.462 e. The SMILES string of the molecule is CCCCCCc1ccsc1-c1ccc(-c2ccc(-c3sc(-c4ccc(/C=C/c5ccc(-c6cc(C(=O)OCC)c(-c7ccc(-c8ccc(-c9sccc9CCCCCC)s8)s7)s6)cc5)cc4)cc3C(=O)OCC)s2)s1. The van der Waals surface area contributed by atoms with Crippen molar-refractivity contribution in [2.24, 2.45) is 0 Å². The quantitative estimate of drug-likeness (QED) is 0.0344. The molecule has 10 rings (SSSR count). The van der Waals surface area contributed by atoms with E-state index in [1.165, 1.54) is 102 Å². The van der Waals surface area contributed by atoms with Crippen LogP contribution in [0.15, 0.2) is 132 Å². The van der Waals surface area contributed by atoms with Gasteiger partial charge in [-0.2, -0.15) is 0 Å². The Morgan fingerprint density at radius 1 is 0.382 bits per heavy atom. The van der Waals surface area contributed by atoms with Crippen molar-refractivity contribution < 1.29 is 19.1 Å². The number of esters is 2. The summed E-state index contributed by atoms with van der Waals surface area (Å²) in [5.41, 5.74) is 8.39. The molecule has 0 aliphatic rings. The van der Waals surface area contributed by atoms with Crippen LogP contribution in [0, 0.1) is 0 Å². The number of thiophene rings is 8. The number of carbonyl (C=O) groups is 2. The predicted molar refractivity (Wildman–Crippen MR) is 336 cm³/mol. The number of benzene rings is 2. The summed E-state index contributed by atoms with van der Waals surface area (Å²) < 4.78 is 11.2. The van der Waals surface area contributed by atoms with Crippen molar-refractivity contribution in [3.63, 3.8) is 0 Å². The molecule has 0 amide bonds. The summed E-state index contributed by atoms with van der Waals surface area (Å²) in [6, 6.07) is 43.3. The highest BCUT2D eigenvalue weighted by Crippen LogP contribution is 2.48. The van der Waals surface area contributed by atoms with Crippen LogP contribution in [-0.4, -0.2) is 25.2 Å². The minimum atomic E-state index is -0.293. The maximum Gasteiger partial charge on any atom is 0.339 e. The molecule has 0 saturated heterocycles. The van der Waals surface area contributed by atoms with Crippen molar-refractivity contribution in [2.75, 3.05) is 13.2 Å². The molecule has 0 spiro atoms. The van der Waals surface area contributed by atoms with Crippen LogP contribution in [0.2, 0.25) is 0 Å². The normalized spacial score (nSPS) is 11.6. The molecule has 76 heavy (non-hydrogen) atoms. The molecular weight excluding hydrogens is 1090 g/mol. The number of ether oxygens (including phenoxy) is 2. The van der Waals surface area contributed by atoms with Gasteiger partial charge in [0.2, 0.25) is 0 Å². The molecule has 388 valence electrons. The Morgan fingerprint density at radius 3 is 1.09 bits per heavy atom. The molecule has 8 heterocycles. The fourth-order valence-corrected chi connectivity index (χ4v) is 18.2. The molecule has 0 bridgehead atoms. The van der Waals surface area contributed by atoms with Gasteiger partial charge in [0, 0.05) is 58.5 Å². The van der Waals surface area contributed by atoms with Crippen LogP contribution >= 0.6 is 90.7 Å². The van der Waals surface area contributed by atoms with Gasteiger partial charge < -0.3 is 9.47 Å². The summed E-state index contributed by atoms with van der Waals surface area (Å²) >= 11 is 14.1. The molecule has 0 aliphatic heterocycles. The lowest BCUT2D eigenvalue weighted by atomic mass is 10.1. The standard InChI is InChI=1S/C64H60O4S8/c1-5-9-11-13-15-45-35-37-69-59(45)53-31-27-49(71-53)51-29-33-55(73-51)61-47(63(65)67-7-3)39-57(75-61)43-23-19-41(20-24-43)17-18-42-21-25-44(26-22-42)58-40-48(64(66)68-8-4)62(76-58)56-34-30-52(74-56)50-28-32-54(72-50)60-46(36-38-70-60)16-14-12-10-6-2/h17-40H,5-16H2,1-4H3/b18-17+. The molecule has 0 aliphatic carbocycles. The van der Waals surface area contributed by atoms with Crippen molar-refractivity contribution in [1.82, 2.24) is 0 Å². The summed E-state index contributed by atoms with van der Waals surface area (Å²) in [5, 5.41) is 4.46. The minimum Gasteiger partial charge on any atom is -0.462 e. The van der Waals surface area contributed by atoms with Gasteiger partial charge in [0.25, 0.3) is 0 Å². The van der Waals surface area contributed by atoms with Gasteiger partial charge in [-0.15, -0.1) is 90.7 Å². The summed E-state index contributed by atoms with van der Waals surface area (Å²) in [7, 11) is 0. The number of unbranched alkanes of at least 4 members (excludes halogenated alkanes) is 6. The fourth-order valence-electron chi connectivity index (χ4n) is 9.21. The zero-order chi connectivity index (χ0) is 52.4. The van der Waals surface area contributed by atoms with E-state index in [1.54, 1.807) is 45.3 Å². The molecule has 0 radical (unpaired) electrons. The summed E-state index contributed by atoms with van der Waals surface area (Å²) in [6.07, 6.45) is 16.7. The predicted octanol–water partition coefficient (Wildman–Crippen LogP) is 22.3. The van der Waals surface area contributed by atoms with Gasteiger partial charge in [0.1, 0.15) is 0 Å². The first kappa shape index (κ1) is 54.1. The van der Waals surface area contributed by atoms with E-state index in [0.29, 0.717) is 24.3 Å². The lowest BCUT2D eigenvalue weighted by Gasteiger charge is -2.02. The first-order valence-corrected chi connectivity index (χ1v) is 33.0. The molecule has 0 saturated carbocycles. The Balaban J connectivity index is 0.816. The van der Waals surface area contributed by atoms with E-state index in [9.17, 15) is 9.59 Å². The zero-order valence-electron chi connectivity index (χ0n) is 43.2. The Morgan fingerprint density at radius 2 is 0.737 bits per heavy atom. The Kier molecular flexibility index (Phi) is 18.4. The van der Waals surface area contributed by atoms with Gasteiger partial charge in [-0.1, -0.05) is 113 Å². The molecule has 10 aromatic rings. The van der Waals surface area contributed by atoms with E-state index in [1.807, 2.05) is 71.3 Å². The lowest BCUT2D eigenvalue weighted by Crippen LogP contribution is -2.04. The van der Waals surface area contributed by atoms with Crippen LogP contribution in [0.3, 0.4) is 0 Å². The Bertz CT molecular complexity index is 3310. The second-order valence-corrected chi connectivity index (χ2v) is 26.8. The highest BCUT2D eigenvalue weighted by molar-refractivity contribution is 7.30. The van der Waals surface area contributed by atoms with E-state index in [4.69, 9.17) is 9.47 Å². The fraction of sp³-hybridized carbons (Fsp3) is 0.250. The first-order valence-electron chi connectivity index (χ1n) is 26.4. The van der Waals surface area contributed by atoms with Crippen LogP contribution in [0.25, 0.3) is 91.6 Å². The van der Waals surface area contributed by atoms with Crippen LogP contribution in [-0.2, 0) is 22.3 Å². The maximum atomic E-state index is 13.4. The molecule has 0 atom stereocenters. The van der Waals surface area contributed by atoms with Crippen LogP contribution in [0.5, 0.6) is 0 Å². The molecule has 2 aromatic carbocycles. The summed E-state index contributed by atoms with van der Waals surface area (Å²) in [4.78, 5) is 43.2. The Labute approximate surface area is 479 Å². The van der Waals surface area contributed by atoms with E-state index in [2.05, 4.69) is 146 Å². The van der Waals surface area contributed by atoms with E-state index in [0.717, 1.165) is 64.4 Å². The number of aryl methyl sites for hydroxylation is 2. The summed E-state index contributed by atoms with van der Waals surface area (Å²) in [5.74, 6) is -0.587. The van der Waals surface area contributed by atoms with Gasteiger partial charge in [0.15, 0.2) is 0 Å². The van der Waals surface area contributed by atoms with Gasteiger partial charge >= 0.3 is 11.9 Å². The second kappa shape index (κ2) is 25.9. The third kappa shape index (κ3) is 12.7. The zero-order valence-corrected chi connectivity index (χ0v) is 49.8. The minimum absolute atomic E-state index is 0.293. The molecule has 0 fully saturated rings. The number of hydrogen-bond acceptors (Lipinski definition) is 12. The Hall–Kier alpha value is -5.28. The average Bonchev–Trinajstić information content (AvgIpc) is 4.28. The number of carbonyl (C=O) groups excluding carboxylic acids is 2. The van der Waals surface area contributed by atoms with Crippen molar-refractivity contribution >= 4 is 115 Å². The van der Waals surface area contributed by atoms with Crippen LogP contribution in [0.1, 0.15) is 122 Å². The van der Waals surface area contributed by atoms with Crippen molar-refractivity contribution in [3.05, 3.63) is 165 Å². The molecule has 8 aromatic heterocycles. The van der Waals surface area contributed by atoms with Crippen molar-refractivity contribution in [1.29, 1.82) is 0 Å². The topological polar surface area (TPSA) is 52.6 Å². The van der Waals surface area contributed by atoms with E-state index < -0.39 is 0 Å². The van der Waals surface area contributed by atoms with E-state index in [-0.39, 0.29) is 11.9 Å². The lowest BCUT2D eigenvalue weighted by molar-refractivity contribution is 0.0518. The maximum absolute atomic E-state index is 13.4. The van der Waals surface area contributed by atoms with Gasteiger partial charge in [-0.05, 0) is 156 Å². The molecule has 12 heteroatoms. The molecule has 0 unspecified atom stereocenters. The highest BCUT2D eigenvalue weighted by atomic mass is 32.1. The van der Waals surface area contributed by atoms with Crippen LogP contribution in [0.4, 0.5) is 0 Å². The van der Waals surface area contributed by atoms with Gasteiger partial charge in [0.05, 0.1) is 34.1 Å². The van der Waals surface area contributed by atoms with Crippen LogP contribution < -0.4 is 0 Å². The monoisotopic (exact) mass is 1150 g/mol. The highest BCUT2D eigenvalue weighted by Gasteiger charge is 2.24. The van der Waals surface area contributed by atoms with E-state index >= 15 is 0 Å². The smallest absolute Gasteiger partial charge is 0.339 e. The third-order valence-electron chi connectivity index (χ3n) is 13.2. The number of rotatable bonds is 24. The first-order chi connectivity index (χ1) is 37.3. The third-order valence-corrected chi connectivity index (χ3v) is 22.9. The molecular formula is C64H60O4S8. The van der Waals surface area contributed by atoms with Crippen molar-refractivity contribution in [2.45, 2.75) is 91.9 Å². The van der Waals surface area contributed by atoms with Crippen molar-refractivity contribution in [3.8, 4) is 79.4 Å². The van der Waals surface area contributed by atoms with Gasteiger partial charge in [-0.25, -0.2) is 9.59 Å². The average molecular weight is 1150 g/mol. The number of hydrogen-bond donors (Lipinski definition) is 0. The van der Waals surface area contributed by atoms with Gasteiger partial charge in [-0.3, -0.25) is 0 Å². The molecule has 4 nitrogen and oxygen atoms in total.